The van der Waals surface area contributed by atoms with Gasteiger partial charge in [-0.1, -0.05) is 70.6 Å². The molecule has 30 heavy (non-hydrogen) atoms. The van der Waals surface area contributed by atoms with Gasteiger partial charge >= 0.3 is 5.97 Å². The third kappa shape index (κ3) is 5.68. The Morgan fingerprint density at radius 1 is 0.900 bits per heavy atom. The number of ether oxygens (including phenoxy) is 1. The molecule has 1 aliphatic carbocycles. The molecule has 0 aromatic heterocycles. The van der Waals surface area contributed by atoms with Gasteiger partial charge in [0.25, 0.3) is 0 Å². The normalized spacial score (nSPS) is 18.9. The lowest BCUT2D eigenvalue weighted by atomic mass is 9.78. The first-order valence-electron chi connectivity index (χ1n) is 11.3. The summed E-state index contributed by atoms with van der Waals surface area (Å²) in [6.07, 6.45) is 9.37. The summed E-state index contributed by atoms with van der Waals surface area (Å²) in [6.45, 7) is 4.32. The van der Waals surface area contributed by atoms with Crippen LogP contribution in [-0.4, -0.2) is 5.97 Å². The number of hydrogen-bond acceptors (Lipinski definition) is 2. The molecule has 0 radical (unpaired) electrons. The third-order valence-electron chi connectivity index (χ3n) is 6.42. The SMILES string of the molecule is CCCc1ccc(OC(=O)c2ccc(CCC3CCC(CC)CC3)c(F)c2F)cc1. The third-order valence-corrected chi connectivity index (χ3v) is 6.42. The minimum Gasteiger partial charge on any atom is -0.423 e. The second kappa shape index (κ2) is 10.7. The van der Waals surface area contributed by atoms with Crippen molar-refractivity contribution in [2.45, 2.75) is 71.6 Å². The van der Waals surface area contributed by atoms with Crippen molar-refractivity contribution in [3.05, 3.63) is 64.7 Å². The molecule has 0 N–H and O–H groups in total. The Kier molecular flexibility index (Phi) is 8.01. The average Bonchev–Trinajstić information content (AvgIpc) is 2.76. The minimum atomic E-state index is -1.12. The Bertz CT molecular complexity index is 837. The molecule has 0 bridgehead atoms. The van der Waals surface area contributed by atoms with Crippen molar-refractivity contribution in [1.29, 1.82) is 0 Å². The average molecular weight is 415 g/mol. The van der Waals surface area contributed by atoms with Crippen molar-refractivity contribution < 1.29 is 18.3 Å². The van der Waals surface area contributed by atoms with Gasteiger partial charge in [0.1, 0.15) is 5.75 Å². The second-order valence-corrected chi connectivity index (χ2v) is 8.52. The van der Waals surface area contributed by atoms with Crippen LogP contribution < -0.4 is 4.74 Å². The molecule has 3 rings (SSSR count). The fourth-order valence-electron chi connectivity index (χ4n) is 4.40. The molecular weight excluding hydrogens is 382 g/mol. The highest BCUT2D eigenvalue weighted by Gasteiger charge is 2.23. The van der Waals surface area contributed by atoms with Crippen LogP contribution in [0.2, 0.25) is 0 Å². The van der Waals surface area contributed by atoms with Crippen LogP contribution in [0.1, 0.15) is 80.3 Å². The van der Waals surface area contributed by atoms with E-state index < -0.39 is 17.6 Å². The van der Waals surface area contributed by atoms with Crippen LogP contribution in [-0.2, 0) is 12.8 Å². The van der Waals surface area contributed by atoms with E-state index >= 15 is 0 Å². The fourth-order valence-corrected chi connectivity index (χ4v) is 4.40. The first-order chi connectivity index (χ1) is 14.5. The number of aryl methyl sites for hydroxylation is 2. The summed E-state index contributed by atoms with van der Waals surface area (Å²) in [5, 5.41) is 0. The zero-order chi connectivity index (χ0) is 21.5. The molecule has 1 fully saturated rings. The van der Waals surface area contributed by atoms with Crippen LogP contribution in [0.5, 0.6) is 5.75 Å². The van der Waals surface area contributed by atoms with Gasteiger partial charge in [0, 0.05) is 0 Å². The van der Waals surface area contributed by atoms with E-state index in [-0.39, 0.29) is 5.56 Å². The van der Waals surface area contributed by atoms with Crippen molar-refractivity contribution >= 4 is 5.97 Å². The maximum absolute atomic E-state index is 14.6. The van der Waals surface area contributed by atoms with E-state index in [2.05, 4.69) is 13.8 Å². The van der Waals surface area contributed by atoms with Crippen LogP contribution >= 0.6 is 0 Å². The number of rotatable bonds is 8. The van der Waals surface area contributed by atoms with Gasteiger partial charge in [-0.3, -0.25) is 0 Å². The van der Waals surface area contributed by atoms with Gasteiger partial charge in [-0.15, -0.1) is 0 Å². The number of esters is 1. The smallest absolute Gasteiger partial charge is 0.346 e. The van der Waals surface area contributed by atoms with Crippen LogP contribution in [0.15, 0.2) is 36.4 Å². The monoisotopic (exact) mass is 414 g/mol. The predicted octanol–water partition coefficient (Wildman–Crippen LogP) is 7.29. The quantitative estimate of drug-likeness (QED) is 0.335. The maximum atomic E-state index is 14.6. The summed E-state index contributed by atoms with van der Waals surface area (Å²) in [5.74, 6) is -1.19. The predicted molar refractivity (Wildman–Crippen MR) is 116 cm³/mol. The van der Waals surface area contributed by atoms with E-state index in [1.807, 2.05) is 12.1 Å². The first-order valence-corrected chi connectivity index (χ1v) is 11.3. The molecule has 0 aliphatic heterocycles. The molecule has 2 nitrogen and oxygen atoms in total. The molecule has 1 aliphatic rings. The molecule has 0 heterocycles. The Labute approximate surface area is 178 Å². The lowest BCUT2D eigenvalue weighted by molar-refractivity contribution is 0.0728. The van der Waals surface area contributed by atoms with Crippen LogP contribution in [0, 0.1) is 23.5 Å². The van der Waals surface area contributed by atoms with Gasteiger partial charge in [0.15, 0.2) is 11.6 Å². The standard InChI is InChI=1S/C26H32F2O2/c1-3-5-19-11-15-22(16-12-19)30-26(29)23-17-14-21(24(27)25(23)28)13-10-20-8-6-18(4-2)7-9-20/h11-12,14-18,20H,3-10,13H2,1-2H3. The summed E-state index contributed by atoms with van der Waals surface area (Å²) >= 11 is 0. The maximum Gasteiger partial charge on any atom is 0.346 e. The highest BCUT2D eigenvalue weighted by Crippen LogP contribution is 2.33. The topological polar surface area (TPSA) is 26.3 Å². The number of halogens is 2. The number of benzene rings is 2. The molecule has 0 atom stereocenters. The molecule has 2 aromatic carbocycles. The van der Waals surface area contributed by atoms with E-state index in [0.717, 1.165) is 30.7 Å². The van der Waals surface area contributed by atoms with Gasteiger partial charge in [-0.2, -0.15) is 0 Å². The molecule has 0 unspecified atom stereocenters. The van der Waals surface area contributed by atoms with Crippen molar-refractivity contribution in [3.8, 4) is 5.75 Å². The molecule has 0 spiro atoms. The molecular formula is C26H32F2O2. The Hall–Kier alpha value is -2.23. The van der Waals surface area contributed by atoms with Gasteiger partial charge in [-0.05, 0) is 60.4 Å². The van der Waals surface area contributed by atoms with Crippen LogP contribution in [0.3, 0.4) is 0 Å². The van der Waals surface area contributed by atoms with Crippen LogP contribution in [0.4, 0.5) is 8.78 Å². The summed E-state index contributed by atoms with van der Waals surface area (Å²) in [6, 6.07) is 9.98. The highest BCUT2D eigenvalue weighted by molar-refractivity contribution is 5.91. The fraction of sp³-hybridized carbons (Fsp3) is 0.500. The van der Waals surface area contributed by atoms with Crippen LogP contribution in [0.25, 0.3) is 0 Å². The van der Waals surface area contributed by atoms with Crippen molar-refractivity contribution in [2.24, 2.45) is 11.8 Å². The second-order valence-electron chi connectivity index (χ2n) is 8.52. The molecule has 4 heteroatoms. The van der Waals surface area contributed by atoms with Crippen molar-refractivity contribution in [2.75, 3.05) is 0 Å². The van der Waals surface area contributed by atoms with E-state index in [1.54, 1.807) is 12.1 Å². The number of carbonyl (C=O) groups is 1. The Morgan fingerprint density at radius 2 is 1.57 bits per heavy atom. The molecule has 162 valence electrons. The van der Waals surface area contributed by atoms with Crippen molar-refractivity contribution in [1.82, 2.24) is 0 Å². The lowest BCUT2D eigenvalue weighted by Gasteiger charge is -2.27. The summed E-state index contributed by atoms with van der Waals surface area (Å²) < 4.78 is 34.4. The molecule has 0 saturated heterocycles. The van der Waals surface area contributed by atoms with Gasteiger partial charge in [-0.25, -0.2) is 13.6 Å². The zero-order valence-electron chi connectivity index (χ0n) is 18.1. The number of carbonyl (C=O) groups excluding carboxylic acids is 1. The highest BCUT2D eigenvalue weighted by atomic mass is 19.2. The zero-order valence-corrected chi connectivity index (χ0v) is 18.1. The van der Waals surface area contributed by atoms with E-state index in [0.29, 0.717) is 23.7 Å². The van der Waals surface area contributed by atoms with Crippen molar-refractivity contribution in [3.63, 3.8) is 0 Å². The van der Waals surface area contributed by atoms with Gasteiger partial charge in [0.2, 0.25) is 0 Å². The van der Waals surface area contributed by atoms with E-state index in [1.165, 1.54) is 44.2 Å². The molecule has 0 amide bonds. The Morgan fingerprint density at radius 3 is 2.20 bits per heavy atom. The van der Waals surface area contributed by atoms with Gasteiger partial charge in [0.05, 0.1) is 5.56 Å². The minimum absolute atomic E-state index is 0.325. The molecule has 2 aromatic rings. The Balaban J connectivity index is 1.60. The molecule has 1 saturated carbocycles. The summed E-state index contributed by atoms with van der Waals surface area (Å²) in [5.41, 5.74) is 1.12. The van der Waals surface area contributed by atoms with E-state index in [4.69, 9.17) is 4.74 Å². The largest absolute Gasteiger partial charge is 0.423 e. The lowest BCUT2D eigenvalue weighted by Crippen LogP contribution is -2.15. The summed E-state index contributed by atoms with van der Waals surface area (Å²) in [4.78, 5) is 12.3. The van der Waals surface area contributed by atoms with E-state index in [9.17, 15) is 13.6 Å². The van der Waals surface area contributed by atoms with Gasteiger partial charge < -0.3 is 4.74 Å². The number of hydrogen-bond donors (Lipinski definition) is 0. The first kappa shape index (κ1) is 22.5. The summed E-state index contributed by atoms with van der Waals surface area (Å²) in [7, 11) is 0.